The molecule has 0 saturated heterocycles. The van der Waals surface area contributed by atoms with Gasteiger partial charge in [0.25, 0.3) is 0 Å². The van der Waals surface area contributed by atoms with Gasteiger partial charge < -0.3 is 10.4 Å². The number of carbonyl (C=O) groups is 2. The number of nitrogens with one attached hydrogen (secondary N) is 1. The summed E-state index contributed by atoms with van der Waals surface area (Å²) >= 11 is 1.00. The topological polar surface area (TPSA) is 66.4 Å². The van der Waals surface area contributed by atoms with Crippen LogP contribution in [0.2, 0.25) is 0 Å². The third-order valence-corrected chi connectivity index (χ3v) is 4.01. The largest absolute Gasteiger partial charge is 0.477 e. The van der Waals surface area contributed by atoms with Crippen molar-refractivity contribution in [2.45, 2.75) is 6.92 Å². The van der Waals surface area contributed by atoms with Crippen LogP contribution in [-0.2, 0) is 9.59 Å². The fourth-order valence-corrected chi connectivity index (χ4v) is 2.54. The van der Waals surface area contributed by atoms with Crippen LogP contribution >= 0.6 is 11.8 Å². The second-order valence-corrected chi connectivity index (χ2v) is 5.94. The molecule has 0 radical (unpaired) electrons. The molecule has 1 amide bonds. The minimum Gasteiger partial charge on any atom is -0.477 e. The molecular formula is C18H17NO3S. The van der Waals surface area contributed by atoms with Crippen molar-refractivity contribution in [3.8, 4) is 0 Å². The molecule has 0 aliphatic rings. The highest BCUT2D eigenvalue weighted by Crippen LogP contribution is 2.20. The minimum absolute atomic E-state index is 0.0405. The highest BCUT2D eigenvalue weighted by Gasteiger charge is 2.11. The molecule has 0 aromatic heterocycles. The van der Waals surface area contributed by atoms with Crippen molar-refractivity contribution in [2.75, 3.05) is 11.1 Å². The van der Waals surface area contributed by atoms with Gasteiger partial charge in [0.05, 0.1) is 10.7 Å². The number of carboxylic acid groups (broad SMARTS) is 1. The van der Waals surface area contributed by atoms with Crippen molar-refractivity contribution in [3.05, 3.63) is 70.6 Å². The molecule has 0 unspecified atom stereocenters. The van der Waals surface area contributed by atoms with Gasteiger partial charge in [0.2, 0.25) is 5.91 Å². The van der Waals surface area contributed by atoms with Crippen molar-refractivity contribution in [1.29, 1.82) is 0 Å². The number of rotatable bonds is 6. The summed E-state index contributed by atoms with van der Waals surface area (Å²) < 4.78 is 0. The molecule has 2 aromatic carbocycles. The molecule has 5 heteroatoms. The van der Waals surface area contributed by atoms with Crippen LogP contribution in [0.25, 0.3) is 6.08 Å². The van der Waals surface area contributed by atoms with E-state index in [2.05, 4.69) is 5.32 Å². The Morgan fingerprint density at radius 1 is 1.09 bits per heavy atom. The van der Waals surface area contributed by atoms with Crippen LogP contribution in [0.1, 0.15) is 11.1 Å². The fraction of sp³-hybridized carbons (Fsp3) is 0.111. The van der Waals surface area contributed by atoms with E-state index in [9.17, 15) is 14.7 Å². The van der Waals surface area contributed by atoms with Gasteiger partial charge in [-0.2, -0.15) is 0 Å². The zero-order valence-electron chi connectivity index (χ0n) is 12.7. The first-order valence-corrected chi connectivity index (χ1v) is 8.02. The zero-order valence-corrected chi connectivity index (χ0v) is 13.5. The standard InChI is InChI=1S/C18H17NO3S/c1-13-7-9-15(10-8-13)19-17(20)12-23-16(18(21)22)11-14-5-3-2-4-6-14/h2-11H,12H2,1H3,(H,19,20)(H,21,22)/b16-11+. The van der Waals surface area contributed by atoms with Gasteiger partial charge >= 0.3 is 5.97 Å². The molecule has 0 atom stereocenters. The van der Waals surface area contributed by atoms with E-state index in [0.717, 1.165) is 22.9 Å². The Kier molecular flexibility index (Phi) is 6.00. The number of amides is 1. The first-order valence-electron chi connectivity index (χ1n) is 7.04. The lowest BCUT2D eigenvalue weighted by Crippen LogP contribution is -2.15. The monoisotopic (exact) mass is 327 g/mol. The molecule has 0 heterocycles. The molecule has 118 valence electrons. The van der Waals surface area contributed by atoms with Gasteiger partial charge in [-0.25, -0.2) is 4.79 Å². The maximum Gasteiger partial charge on any atom is 0.342 e. The van der Waals surface area contributed by atoms with Crippen molar-refractivity contribution in [2.24, 2.45) is 0 Å². The van der Waals surface area contributed by atoms with Crippen LogP contribution in [0.4, 0.5) is 5.69 Å². The molecular weight excluding hydrogens is 310 g/mol. The molecule has 2 aromatic rings. The number of anilines is 1. The van der Waals surface area contributed by atoms with Crippen LogP contribution in [0.3, 0.4) is 0 Å². The van der Waals surface area contributed by atoms with Crippen molar-refractivity contribution in [1.82, 2.24) is 0 Å². The Balaban J connectivity index is 1.96. The van der Waals surface area contributed by atoms with Crippen LogP contribution in [0, 0.1) is 6.92 Å². The molecule has 0 spiro atoms. The Bertz CT molecular complexity index is 709. The minimum atomic E-state index is -1.04. The van der Waals surface area contributed by atoms with Crippen molar-refractivity contribution >= 4 is 35.4 Å². The van der Waals surface area contributed by atoms with E-state index in [-0.39, 0.29) is 16.6 Å². The van der Waals surface area contributed by atoms with Gasteiger partial charge in [-0.1, -0.05) is 48.0 Å². The van der Waals surface area contributed by atoms with Gasteiger partial charge in [-0.05, 0) is 30.7 Å². The summed E-state index contributed by atoms with van der Waals surface area (Å²) in [6.07, 6.45) is 1.56. The normalized spacial score (nSPS) is 11.1. The molecule has 0 bridgehead atoms. The van der Waals surface area contributed by atoms with Gasteiger partial charge in [0.1, 0.15) is 0 Å². The maximum absolute atomic E-state index is 11.9. The summed E-state index contributed by atoms with van der Waals surface area (Å²) in [4.78, 5) is 23.4. The fourth-order valence-electron chi connectivity index (χ4n) is 1.84. The highest BCUT2D eigenvalue weighted by molar-refractivity contribution is 8.04. The van der Waals surface area contributed by atoms with E-state index in [0.29, 0.717) is 5.69 Å². The molecule has 0 saturated carbocycles. The average molecular weight is 327 g/mol. The van der Waals surface area contributed by atoms with Crippen molar-refractivity contribution < 1.29 is 14.7 Å². The van der Waals surface area contributed by atoms with E-state index in [1.54, 1.807) is 6.08 Å². The second kappa shape index (κ2) is 8.19. The van der Waals surface area contributed by atoms with Crippen LogP contribution in [0.15, 0.2) is 59.5 Å². The highest BCUT2D eigenvalue weighted by atomic mass is 32.2. The van der Waals surface area contributed by atoms with E-state index < -0.39 is 5.97 Å². The molecule has 2 rings (SSSR count). The predicted molar refractivity (Wildman–Crippen MR) is 94.3 cm³/mol. The molecule has 0 fully saturated rings. The summed E-state index contributed by atoms with van der Waals surface area (Å²) in [6.45, 7) is 1.97. The third kappa shape index (κ3) is 5.64. The summed E-state index contributed by atoms with van der Waals surface area (Å²) in [5.74, 6) is -1.24. The smallest absolute Gasteiger partial charge is 0.342 e. The lowest BCUT2D eigenvalue weighted by Gasteiger charge is -2.06. The number of carbonyl (C=O) groups excluding carboxylic acids is 1. The van der Waals surface area contributed by atoms with Gasteiger partial charge in [0, 0.05) is 5.69 Å². The third-order valence-electron chi connectivity index (χ3n) is 3.00. The van der Waals surface area contributed by atoms with Crippen molar-refractivity contribution in [3.63, 3.8) is 0 Å². The lowest BCUT2D eigenvalue weighted by molar-refractivity contribution is -0.131. The van der Waals surface area contributed by atoms with E-state index in [1.807, 2.05) is 61.5 Å². The number of thioether (sulfide) groups is 1. The number of aryl methyl sites for hydroxylation is 1. The van der Waals surface area contributed by atoms with E-state index in [4.69, 9.17) is 0 Å². The van der Waals surface area contributed by atoms with Gasteiger partial charge in [-0.3, -0.25) is 4.79 Å². The molecule has 0 aliphatic carbocycles. The van der Waals surface area contributed by atoms with Gasteiger partial charge in [0.15, 0.2) is 0 Å². The average Bonchev–Trinajstić information content (AvgIpc) is 2.54. The van der Waals surface area contributed by atoms with E-state index >= 15 is 0 Å². The maximum atomic E-state index is 11.9. The predicted octanol–water partition coefficient (Wildman–Crippen LogP) is 3.79. The number of benzene rings is 2. The summed E-state index contributed by atoms with van der Waals surface area (Å²) in [6, 6.07) is 16.6. The Morgan fingerprint density at radius 3 is 2.35 bits per heavy atom. The van der Waals surface area contributed by atoms with Crippen LogP contribution in [-0.4, -0.2) is 22.7 Å². The molecule has 23 heavy (non-hydrogen) atoms. The Morgan fingerprint density at radius 2 is 1.74 bits per heavy atom. The number of hydrogen-bond donors (Lipinski definition) is 2. The second-order valence-electron chi connectivity index (χ2n) is 4.93. The lowest BCUT2D eigenvalue weighted by atomic mass is 10.2. The molecule has 0 aliphatic heterocycles. The Labute approximate surface area is 139 Å². The van der Waals surface area contributed by atoms with E-state index in [1.165, 1.54) is 0 Å². The number of carboxylic acids is 1. The van der Waals surface area contributed by atoms with Gasteiger partial charge in [-0.15, -0.1) is 11.8 Å². The zero-order chi connectivity index (χ0) is 16.7. The number of aliphatic carboxylic acids is 1. The quantitative estimate of drug-likeness (QED) is 0.792. The molecule has 2 N–H and O–H groups in total. The summed E-state index contributed by atoms with van der Waals surface area (Å²) in [5, 5.41) is 12.0. The summed E-state index contributed by atoms with van der Waals surface area (Å²) in [5.41, 5.74) is 2.60. The summed E-state index contributed by atoms with van der Waals surface area (Å²) in [7, 11) is 0. The number of hydrogen-bond acceptors (Lipinski definition) is 3. The SMILES string of the molecule is Cc1ccc(NC(=O)CS/C(=C/c2ccccc2)C(=O)O)cc1. The van der Waals surface area contributed by atoms with Crippen LogP contribution < -0.4 is 5.32 Å². The Hall–Kier alpha value is -2.53. The first kappa shape index (κ1) is 16.8. The van der Waals surface area contributed by atoms with Crippen LogP contribution in [0.5, 0.6) is 0 Å². The first-order chi connectivity index (χ1) is 11.0. The molecule has 4 nitrogen and oxygen atoms in total.